The summed E-state index contributed by atoms with van der Waals surface area (Å²) >= 11 is 0. The van der Waals surface area contributed by atoms with E-state index in [0.29, 0.717) is 12.5 Å². The number of anilines is 2. The average molecular weight is 484 g/mol. The topological polar surface area (TPSA) is 103 Å². The maximum absolute atomic E-state index is 6.30. The maximum atomic E-state index is 6.30. The number of nitrogens with one attached hydrogen (secondary N) is 1. The van der Waals surface area contributed by atoms with Gasteiger partial charge in [0.25, 0.3) is 0 Å². The number of nitrogen functional groups attached to an aromatic ring is 1. The van der Waals surface area contributed by atoms with Crippen LogP contribution >= 0.6 is 0 Å². The van der Waals surface area contributed by atoms with Crippen molar-refractivity contribution in [3.8, 4) is 5.75 Å². The number of nitrogens with zero attached hydrogens (tertiary/aromatic N) is 5. The lowest BCUT2D eigenvalue weighted by Crippen LogP contribution is -2.06. The second-order valence-corrected chi connectivity index (χ2v) is 8.49. The van der Waals surface area contributed by atoms with Crippen LogP contribution in [-0.2, 0) is 19.4 Å². The Morgan fingerprint density at radius 3 is 2.64 bits per heavy atom. The molecule has 0 aliphatic rings. The highest BCUT2D eigenvalue weighted by Gasteiger charge is 2.13. The van der Waals surface area contributed by atoms with Crippen LogP contribution in [0.5, 0.6) is 5.75 Å². The van der Waals surface area contributed by atoms with E-state index in [-0.39, 0.29) is 0 Å². The van der Waals surface area contributed by atoms with Crippen molar-refractivity contribution in [2.45, 2.75) is 32.7 Å². The maximum Gasteiger partial charge on any atom is 0.202 e. The first-order chi connectivity index (χ1) is 17.6. The van der Waals surface area contributed by atoms with Gasteiger partial charge in [-0.2, -0.15) is 0 Å². The van der Waals surface area contributed by atoms with Crippen LogP contribution in [0.4, 0.5) is 11.8 Å². The molecule has 8 nitrogen and oxygen atoms in total. The highest BCUT2D eigenvalue weighted by molar-refractivity contribution is 6.09. The molecule has 4 rings (SSSR count). The summed E-state index contributed by atoms with van der Waals surface area (Å²) in [6, 6.07) is 12.4. The number of fused-ring (bicyclic) bond motifs is 1. The third-order valence-corrected chi connectivity index (χ3v) is 6.12. The zero-order chi connectivity index (χ0) is 25.5. The lowest BCUT2D eigenvalue weighted by atomic mass is 10.0. The fraction of sp³-hybridized carbons (Fsp3) is 0.286. The van der Waals surface area contributed by atoms with E-state index in [4.69, 9.17) is 10.5 Å². The quantitative estimate of drug-likeness (QED) is 0.318. The van der Waals surface area contributed by atoms with Gasteiger partial charge in [0.2, 0.25) is 5.95 Å². The summed E-state index contributed by atoms with van der Waals surface area (Å²) in [5, 5.41) is 3.04. The summed E-state index contributed by atoms with van der Waals surface area (Å²) in [7, 11) is 5.35. The molecule has 0 bridgehead atoms. The first kappa shape index (κ1) is 24.9. The van der Waals surface area contributed by atoms with Crippen molar-refractivity contribution in [2.75, 3.05) is 32.3 Å². The summed E-state index contributed by atoms with van der Waals surface area (Å²) in [6.07, 6.45) is 10.5. The Kier molecular flexibility index (Phi) is 7.95. The van der Waals surface area contributed by atoms with E-state index in [2.05, 4.69) is 62.5 Å². The second-order valence-electron chi connectivity index (χ2n) is 8.49. The van der Waals surface area contributed by atoms with E-state index in [0.717, 1.165) is 64.4 Å². The van der Waals surface area contributed by atoms with E-state index in [1.165, 1.54) is 5.56 Å². The van der Waals surface area contributed by atoms with Crippen molar-refractivity contribution in [3.05, 3.63) is 83.2 Å². The van der Waals surface area contributed by atoms with Gasteiger partial charge < -0.3 is 15.8 Å². The number of pyridine rings is 2. The molecule has 0 radical (unpaired) electrons. The zero-order valence-corrected chi connectivity index (χ0v) is 21.3. The van der Waals surface area contributed by atoms with Crippen LogP contribution in [0.1, 0.15) is 35.6 Å². The summed E-state index contributed by atoms with van der Waals surface area (Å²) < 4.78 is 7.64. The van der Waals surface area contributed by atoms with Gasteiger partial charge in [0, 0.05) is 32.1 Å². The Labute approximate surface area is 212 Å². The van der Waals surface area contributed by atoms with Crippen LogP contribution < -0.4 is 15.8 Å². The van der Waals surface area contributed by atoms with Gasteiger partial charge in [-0.25, -0.2) is 15.0 Å². The van der Waals surface area contributed by atoms with Gasteiger partial charge in [0.05, 0.1) is 19.4 Å². The molecule has 0 amide bonds. The molecule has 0 fully saturated rings. The van der Waals surface area contributed by atoms with Gasteiger partial charge in [0.15, 0.2) is 5.65 Å². The number of aromatic nitrogens is 4. The van der Waals surface area contributed by atoms with Gasteiger partial charge in [0.1, 0.15) is 17.1 Å². The first-order valence-electron chi connectivity index (χ1n) is 12.1. The normalized spacial score (nSPS) is 11.9. The number of methoxy groups -OCH3 is 1. The minimum Gasteiger partial charge on any atom is -0.496 e. The zero-order valence-electron chi connectivity index (χ0n) is 21.3. The van der Waals surface area contributed by atoms with Gasteiger partial charge >= 0.3 is 0 Å². The van der Waals surface area contributed by atoms with Crippen molar-refractivity contribution in [3.63, 3.8) is 0 Å². The van der Waals surface area contributed by atoms with E-state index < -0.39 is 0 Å². The Hall–Kier alpha value is -4.20. The highest BCUT2D eigenvalue weighted by atomic mass is 16.5. The van der Waals surface area contributed by atoms with Crippen molar-refractivity contribution >= 4 is 28.6 Å². The Balaban J connectivity index is 1.53. The molecule has 3 heterocycles. The van der Waals surface area contributed by atoms with Crippen LogP contribution in [0.25, 0.3) is 11.2 Å². The van der Waals surface area contributed by atoms with E-state index in [1.807, 2.05) is 42.2 Å². The number of ether oxygens (including phenoxy) is 1. The number of nitrogens with two attached hydrogens (primary N) is 1. The second kappa shape index (κ2) is 11.5. The van der Waals surface area contributed by atoms with Crippen molar-refractivity contribution < 1.29 is 4.74 Å². The van der Waals surface area contributed by atoms with E-state index >= 15 is 0 Å². The van der Waals surface area contributed by atoms with Crippen molar-refractivity contribution in [1.82, 2.24) is 19.5 Å². The molecule has 36 heavy (non-hydrogen) atoms. The number of hydrogen-bond donors (Lipinski definition) is 2. The number of hydrogen-bond acceptors (Lipinski definition) is 7. The van der Waals surface area contributed by atoms with Crippen LogP contribution in [0.2, 0.25) is 0 Å². The molecule has 0 saturated heterocycles. The highest BCUT2D eigenvalue weighted by Crippen LogP contribution is 2.25. The fourth-order valence-corrected chi connectivity index (χ4v) is 4.13. The number of aryl methyl sites for hydroxylation is 2. The number of allylic oxidation sites excluding steroid dienone is 2. The molecule has 1 aromatic carbocycles. The average Bonchev–Trinajstić information content (AvgIpc) is 3.22. The largest absolute Gasteiger partial charge is 0.496 e. The van der Waals surface area contributed by atoms with E-state index in [1.54, 1.807) is 14.2 Å². The molecule has 0 aliphatic heterocycles. The molecule has 0 unspecified atom stereocenters. The van der Waals surface area contributed by atoms with Crippen LogP contribution in [0.15, 0.2) is 65.9 Å². The predicted molar refractivity (Wildman–Crippen MR) is 147 cm³/mol. The fourth-order valence-electron chi connectivity index (χ4n) is 4.13. The third kappa shape index (κ3) is 5.54. The summed E-state index contributed by atoms with van der Waals surface area (Å²) in [5.41, 5.74) is 13.0. The lowest BCUT2D eigenvalue weighted by molar-refractivity contribution is 0.409. The number of aliphatic imine (C=N–C) groups is 1. The standard InChI is InChI=1S/C28H33N7O/c1-5-6-7-23(30-2)22-15-24-27(33-17-22)35(28(29)34-24)18-20-9-12-21(25(14-20)36-4)11-8-19-10-13-26(31-3)32-16-19/h6-7,9-10,12-17H,5,8,11,18H2,1-4H3,(H2,29,34)(H,31,32)/b7-6-,30-23?. The molecule has 0 spiro atoms. The number of benzene rings is 1. The minimum atomic E-state index is 0.425. The summed E-state index contributed by atoms with van der Waals surface area (Å²) in [6.45, 7) is 2.64. The van der Waals surface area contributed by atoms with Gasteiger partial charge in [-0.3, -0.25) is 9.56 Å². The molecule has 0 saturated carbocycles. The first-order valence-corrected chi connectivity index (χ1v) is 12.1. The molecule has 3 N–H and O–H groups in total. The number of imidazole rings is 1. The smallest absolute Gasteiger partial charge is 0.202 e. The monoisotopic (exact) mass is 483 g/mol. The molecule has 4 aromatic rings. The Morgan fingerprint density at radius 2 is 1.94 bits per heavy atom. The predicted octanol–water partition coefficient (Wildman–Crippen LogP) is 4.68. The van der Waals surface area contributed by atoms with Gasteiger partial charge in [-0.15, -0.1) is 0 Å². The number of rotatable bonds is 10. The van der Waals surface area contributed by atoms with Crippen molar-refractivity contribution in [2.24, 2.45) is 4.99 Å². The summed E-state index contributed by atoms with van der Waals surface area (Å²) in [5.74, 6) is 2.15. The molecular weight excluding hydrogens is 450 g/mol. The molecular formula is C28H33N7O. The van der Waals surface area contributed by atoms with Gasteiger partial charge in [-0.05, 0) is 60.2 Å². The van der Waals surface area contributed by atoms with Crippen LogP contribution in [-0.4, -0.2) is 46.4 Å². The molecule has 8 heteroatoms. The van der Waals surface area contributed by atoms with Crippen LogP contribution in [0.3, 0.4) is 0 Å². The summed E-state index contributed by atoms with van der Waals surface area (Å²) in [4.78, 5) is 18.0. The SMILES string of the molecule is CC/C=C\C(=NC)c1cnc2c(c1)nc(N)n2Cc1ccc(CCc2ccc(NC)nc2)c(OC)c1. The molecule has 0 atom stereocenters. The molecule has 186 valence electrons. The van der Waals surface area contributed by atoms with Crippen LogP contribution in [0, 0.1) is 0 Å². The molecule has 0 aliphatic carbocycles. The minimum absolute atomic E-state index is 0.425. The Bertz CT molecular complexity index is 1390. The molecule has 3 aromatic heterocycles. The van der Waals surface area contributed by atoms with Gasteiger partial charge in [-0.1, -0.05) is 31.2 Å². The van der Waals surface area contributed by atoms with E-state index in [9.17, 15) is 0 Å². The Morgan fingerprint density at radius 1 is 1.11 bits per heavy atom. The third-order valence-electron chi connectivity index (χ3n) is 6.12. The lowest BCUT2D eigenvalue weighted by Gasteiger charge is -2.12. The van der Waals surface area contributed by atoms with Crippen molar-refractivity contribution in [1.29, 1.82) is 0 Å².